The molecule has 18 heavy (non-hydrogen) atoms. The Bertz CT molecular complexity index is 429. The highest BCUT2D eigenvalue weighted by atomic mass is 16.1. The van der Waals surface area contributed by atoms with Crippen LogP contribution in [-0.4, -0.2) is 18.5 Å². The Labute approximate surface area is 109 Å². The quantitative estimate of drug-likeness (QED) is 0.835. The molecule has 1 amide bonds. The Kier molecular flexibility index (Phi) is 4.37. The number of hydrogen-bond donors (Lipinski definition) is 2. The third kappa shape index (κ3) is 3.10. The van der Waals surface area contributed by atoms with Crippen molar-refractivity contribution in [3.05, 3.63) is 34.9 Å². The lowest BCUT2D eigenvalue weighted by Crippen LogP contribution is -2.30. The zero-order chi connectivity index (χ0) is 13.0. The second-order valence-electron chi connectivity index (χ2n) is 5.05. The van der Waals surface area contributed by atoms with Gasteiger partial charge in [0.1, 0.15) is 0 Å². The molecule has 0 saturated heterocycles. The average Bonchev–Trinajstić information content (AvgIpc) is 2.85. The minimum absolute atomic E-state index is 0.0213. The molecule has 1 aromatic carbocycles. The summed E-state index contributed by atoms with van der Waals surface area (Å²) in [5.41, 5.74) is 9.34. The van der Waals surface area contributed by atoms with Crippen LogP contribution in [0.2, 0.25) is 0 Å². The fourth-order valence-electron chi connectivity index (χ4n) is 2.39. The molecule has 0 saturated carbocycles. The van der Waals surface area contributed by atoms with Crippen LogP contribution in [0.1, 0.15) is 47.7 Å². The second kappa shape index (κ2) is 6.01. The number of carbonyl (C=O) groups is 1. The van der Waals surface area contributed by atoms with Gasteiger partial charge in [-0.05, 0) is 55.4 Å². The van der Waals surface area contributed by atoms with E-state index >= 15 is 0 Å². The van der Waals surface area contributed by atoms with Gasteiger partial charge in [0.15, 0.2) is 0 Å². The second-order valence-corrected chi connectivity index (χ2v) is 5.05. The molecular weight excluding hydrogens is 224 g/mol. The van der Waals surface area contributed by atoms with E-state index in [-0.39, 0.29) is 11.9 Å². The van der Waals surface area contributed by atoms with E-state index < -0.39 is 0 Å². The highest BCUT2D eigenvalue weighted by Gasteiger charge is 2.13. The molecule has 1 atom stereocenters. The molecule has 1 unspecified atom stereocenters. The normalized spacial score (nSPS) is 15.2. The van der Waals surface area contributed by atoms with Gasteiger partial charge in [-0.25, -0.2) is 0 Å². The average molecular weight is 246 g/mol. The molecule has 0 radical (unpaired) electrons. The van der Waals surface area contributed by atoms with Gasteiger partial charge in [-0.3, -0.25) is 4.79 Å². The largest absolute Gasteiger partial charge is 0.352 e. The zero-order valence-corrected chi connectivity index (χ0v) is 11.0. The first-order chi connectivity index (χ1) is 8.70. The van der Waals surface area contributed by atoms with Crippen LogP contribution in [0, 0.1) is 0 Å². The van der Waals surface area contributed by atoms with E-state index in [0.29, 0.717) is 6.54 Å². The third-order valence-electron chi connectivity index (χ3n) is 3.69. The van der Waals surface area contributed by atoms with Crippen LogP contribution in [0.5, 0.6) is 0 Å². The van der Waals surface area contributed by atoms with Crippen molar-refractivity contribution < 1.29 is 4.79 Å². The van der Waals surface area contributed by atoms with Gasteiger partial charge in [-0.2, -0.15) is 0 Å². The summed E-state index contributed by atoms with van der Waals surface area (Å²) in [6.45, 7) is 2.72. The van der Waals surface area contributed by atoms with Gasteiger partial charge >= 0.3 is 0 Å². The molecule has 0 bridgehead atoms. The Morgan fingerprint density at radius 1 is 1.39 bits per heavy atom. The first-order valence-corrected chi connectivity index (χ1v) is 6.86. The number of nitrogens with two attached hydrogens (primary N) is 1. The van der Waals surface area contributed by atoms with Gasteiger partial charge in [0.25, 0.3) is 5.91 Å². The van der Waals surface area contributed by atoms with E-state index in [9.17, 15) is 4.79 Å². The van der Waals surface area contributed by atoms with Crippen LogP contribution in [0.25, 0.3) is 0 Å². The summed E-state index contributed by atoms with van der Waals surface area (Å²) in [6, 6.07) is 6.25. The van der Waals surface area contributed by atoms with Crippen molar-refractivity contribution in [1.29, 1.82) is 0 Å². The summed E-state index contributed by atoms with van der Waals surface area (Å²) in [6.07, 6.45) is 5.27. The first kappa shape index (κ1) is 13.1. The summed E-state index contributed by atoms with van der Waals surface area (Å²) in [5.74, 6) is 0.0213. The number of aryl methyl sites for hydroxylation is 2. The summed E-state index contributed by atoms with van der Waals surface area (Å²) < 4.78 is 0. The number of hydrogen-bond acceptors (Lipinski definition) is 2. The molecule has 3 nitrogen and oxygen atoms in total. The Balaban J connectivity index is 1.89. The van der Waals surface area contributed by atoms with E-state index in [0.717, 1.165) is 31.2 Å². The molecule has 1 aromatic rings. The number of benzene rings is 1. The van der Waals surface area contributed by atoms with Gasteiger partial charge in [0, 0.05) is 18.2 Å². The highest BCUT2D eigenvalue weighted by Crippen LogP contribution is 2.22. The molecule has 1 aliphatic carbocycles. The minimum Gasteiger partial charge on any atom is -0.352 e. The Morgan fingerprint density at radius 3 is 2.94 bits per heavy atom. The summed E-state index contributed by atoms with van der Waals surface area (Å²) in [4.78, 5) is 12.0. The fourth-order valence-corrected chi connectivity index (χ4v) is 2.39. The lowest BCUT2D eigenvalue weighted by Gasteiger charge is -2.10. The molecule has 0 fully saturated rings. The molecular formula is C15H22N2O. The Hall–Kier alpha value is -1.35. The minimum atomic E-state index is 0.0213. The van der Waals surface area contributed by atoms with E-state index in [2.05, 4.69) is 18.3 Å². The topological polar surface area (TPSA) is 55.1 Å². The smallest absolute Gasteiger partial charge is 0.251 e. The monoisotopic (exact) mass is 246 g/mol. The number of amides is 1. The predicted molar refractivity (Wildman–Crippen MR) is 73.7 cm³/mol. The van der Waals surface area contributed by atoms with Crippen LogP contribution >= 0.6 is 0 Å². The van der Waals surface area contributed by atoms with Crippen molar-refractivity contribution in [2.45, 2.75) is 45.1 Å². The summed E-state index contributed by atoms with van der Waals surface area (Å²) >= 11 is 0. The van der Waals surface area contributed by atoms with Gasteiger partial charge in [-0.1, -0.05) is 13.0 Å². The van der Waals surface area contributed by atoms with E-state index in [1.165, 1.54) is 17.5 Å². The summed E-state index contributed by atoms with van der Waals surface area (Å²) in [5, 5.41) is 2.94. The van der Waals surface area contributed by atoms with Crippen molar-refractivity contribution in [3.8, 4) is 0 Å². The first-order valence-electron chi connectivity index (χ1n) is 6.86. The molecule has 2 rings (SSSR count). The SMILES string of the molecule is CCC(N)CCNC(=O)c1ccc2c(c1)CCC2. The lowest BCUT2D eigenvalue weighted by atomic mass is 10.1. The zero-order valence-electron chi connectivity index (χ0n) is 11.0. The van der Waals surface area contributed by atoms with Crippen LogP contribution in [0.3, 0.4) is 0 Å². The summed E-state index contributed by atoms with van der Waals surface area (Å²) in [7, 11) is 0. The maximum absolute atomic E-state index is 12.0. The third-order valence-corrected chi connectivity index (χ3v) is 3.69. The molecule has 98 valence electrons. The number of nitrogens with one attached hydrogen (secondary N) is 1. The van der Waals surface area contributed by atoms with Crippen molar-refractivity contribution >= 4 is 5.91 Å². The van der Waals surface area contributed by atoms with Gasteiger partial charge in [-0.15, -0.1) is 0 Å². The molecule has 0 spiro atoms. The van der Waals surface area contributed by atoms with E-state index in [1.807, 2.05) is 12.1 Å². The Morgan fingerprint density at radius 2 is 2.17 bits per heavy atom. The van der Waals surface area contributed by atoms with Crippen LogP contribution in [0.4, 0.5) is 0 Å². The number of carbonyl (C=O) groups excluding carboxylic acids is 1. The predicted octanol–water partition coefficient (Wildman–Crippen LogP) is 2.03. The van der Waals surface area contributed by atoms with Crippen molar-refractivity contribution in [3.63, 3.8) is 0 Å². The maximum atomic E-state index is 12.0. The van der Waals surface area contributed by atoms with Crippen LogP contribution in [-0.2, 0) is 12.8 Å². The van der Waals surface area contributed by atoms with Crippen LogP contribution < -0.4 is 11.1 Å². The van der Waals surface area contributed by atoms with Crippen molar-refractivity contribution in [2.24, 2.45) is 5.73 Å². The van der Waals surface area contributed by atoms with Gasteiger partial charge in [0.05, 0.1) is 0 Å². The number of rotatable bonds is 5. The fraction of sp³-hybridized carbons (Fsp3) is 0.533. The molecule has 3 N–H and O–H groups in total. The standard InChI is InChI=1S/C15H22N2O/c1-2-14(16)8-9-17-15(18)13-7-6-11-4-3-5-12(11)10-13/h6-7,10,14H,2-5,8-9,16H2,1H3,(H,17,18). The maximum Gasteiger partial charge on any atom is 0.251 e. The molecule has 0 heterocycles. The van der Waals surface area contributed by atoms with E-state index in [1.54, 1.807) is 0 Å². The van der Waals surface area contributed by atoms with Crippen LogP contribution in [0.15, 0.2) is 18.2 Å². The van der Waals surface area contributed by atoms with Crippen molar-refractivity contribution in [2.75, 3.05) is 6.54 Å². The van der Waals surface area contributed by atoms with Gasteiger partial charge < -0.3 is 11.1 Å². The highest BCUT2D eigenvalue weighted by molar-refractivity contribution is 5.94. The molecule has 1 aliphatic rings. The molecule has 0 aliphatic heterocycles. The molecule has 3 heteroatoms. The van der Waals surface area contributed by atoms with E-state index in [4.69, 9.17) is 5.73 Å². The van der Waals surface area contributed by atoms with Gasteiger partial charge in [0.2, 0.25) is 0 Å². The molecule has 0 aromatic heterocycles. The number of fused-ring (bicyclic) bond motifs is 1. The lowest BCUT2D eigenvalue weighted by molar-refractivity contribution is 0.0952. The van der Waals surface area contributed by atoms with Crippen molar-refractivity contribution in [1.82, 2.24) is 5.32 Å².